The molecule has 2 aromatic heterocycles. The van der Waals surface area contributed by atoms with Crippen molar-refractivity contribution in [3.05, 3.63) is 113 Å². The molecule has 0 saturated heterocycles. The van der Waals surface area contributed by atoms with Gasteiger partial charge >= 0.3 is 0 Å². The molecule has 2 heterocycles. The minimum absolute atomic E-state index is 0.0283. The van der Waals surface area contributed by atoms with Gasteiger partial charge in [0.25, 0.3) is 0 Å². The predicted molar refractivity (Wildman–Crippen MR) is 147 cm³/mol. The van der Waals surface area contributed by atoms with Crippen LogP contribution in [-0.2, 0) is 11.8 Å². The van der Waals surface area contributed by atoms with E-state index in [0.717, 1.165) is 6.42 Å². The average molecular weight is 446 g/mol. The summed E-state index contributed by atoms with van der Waals surface area (Å²) >= 11 is 0. The predicted octanol–water partition coefficient (Wildman–Crippen LogP) is 8.71. The highest BCUT2D eigenvalue weighted by Gasteiger charge is 2.38. The minimum atomic E-state index is -0.0283. The molecular formula is C34H23N. The summed E-state index contributed by atoms with van der Waals surface area (Å²) in [5, 5.41) is 5.60. The van der Waals surface area contributed by atoms with Gasteiger partial charge in [-0.15, -0.1) is 0 Å². The molecule has 0 fully saturated rings. The highest BCUT2D eigenvalue weighted by atomic mass is 14.9. The number of fused-ring (bicyclic) bond motifs is 14. The van der Waals surface area contributed by atoms with Crippen molar-refractivity contribution in [2.45, 2.75) is 25.7 Å². The molecule has 2 aliphatic rings. The van der Waals surface area contributed by atoms with Crippen molar-refractivity contribution < 1.29 is 0 Å². The van der Waals surface area contributed by atoms with Crippen LogP contribution >= 0.6 is 0 Å². The number of nitrogens with zero attached hydrogens (tertiary/aromatic N) is 1. The molecule has 0 atom stereocenters. The molecule has 0 N–H and O–H groups in total. The smallest absolute Gasteiger partial charge is 0.0620 e. The summed E-state index contributed by atoms with van der Waals surface area (Å²) in [5.74, 6) is 0. The van der Waals surface area contributed by atoms with Crippen LogP contribution in [0.5, 0.6) is 0 Å². The molecule has 1 nitrogen and oxygen atoms in total. The molecule has 0 bridgehead atoms. The monoisotopic (exact) mass is 445 g/mol. The third-order valence-electron chi connectivity index (χ3n) is 8.92. The Kier molecular flexibility index (Phi) is 3.00. The fourth-order valence-electron chi connectivity index (χ4n) is 7.55. The van der Waals surface area contributed by atoms with Gasteiger partial charge in [0.1, 0.15) is 0 Å². The first-order valence-corrected chi connectivity index (χ1v) is 12.6. The summed E-state index contributed by atoms with van der Waals surface area (Å²) in [6.07, 6.45) is 1.03. The Labute approximate surface area is 203 Å². The number of aromatic nitrogens is 1. The summed E-state index contributed by atoms with van der Waals surface area (Å²) in [4.78, 5) is 0. The van der Waals surface area contributed by atoms with Crippen LogP contribution in [0.3, 0.4) is 0 Å². The zero-order valence-electron chi connectivity index (χ0n) is 19.8. The highest BCUT2D eigenvalue weighted by Crippen LogP contribution is 2.54. The normalized spacial score (nSPS) is 15.3. The second-order valence-corrected chi connectivity index (χ2v) is 10.9. The van der Waals surface area contributed by atoms with Gasteiger partial charge in [-0.2, -0.15) is 0 Å². The Morgan fingerprint density at radius 3 is 2.20 bits per heavy atom. The summed E-state index contributed by atoms with van der Waals surface area (Å²) in [6.45, 7) is 4.79. The first-order chi connectivity index (χ1) is 17.1. The van der Waals surface area contributed by atoms with E-state index in [0.29, 0.717) is 0 Å². The third-order valence-corrected chi connectivity index (χ3v) is 8.92. The summed E-state index contributed by atoms with van der Waals surface area (Å²) in [7, 11) is 0. The number of para-hydroxylation sites is 1. The van der Waals surface area contributed by atoms with Crippen LogP contribution < -0.4 is 0 Å². The van der Waals surface area contributed by atoms with Crippen molar-refractivity contribution in [1.82, 2.24) is 4.40 Å². The first kappa shape index (κ1) is 18.3. The lowest BCUT2D eigenvalue weighted by molar-refractivity contribution is 0.666. The topological polar surface area (TPSA) is 4.41 Å². The Balaban J connectivity index is 1.50. The number of hydrogen-bond acceptors (Lipinski definition) is 0. The van der Waals surface area contributed by atoms with Gasteiger partial charge in [0.05, 0.1) is 16.6 Å². The molecule has 0 saturated carbocycles. The van der Waals surface area contributed by atoms with E-state index in [2.05, 4.69) is 109 Å². The van der Waals surface area contributed by atoms with Gasteiger partial charge in [0, 0.05) is 27.0 Å². The van der Waals surface area contributed by atoms with E-state index in [9.17, 15) is 0 Å². The molecule has 0 aliphatic heterocycles. The minimum Gasteiger partial charge on any atom is -0.308 e. The molecule has 0 amide bonds. The van der Waals surface area contributed by atoms with Crippen LogP contribution in [0.2, 0.25) is 0 Å². The number of rotatable bonds is 0. The van der Waals surface area contributed by atoms with Crippen LogP contribution in [-0.4, -0.2) is 4.40 Å². The van der Waals surface area contributed by atoms with Gasteiger partial charge in [-0.3, -0.25) is 0 Å². The summed E-state index contributed by atoms with van der Waals surface area (Å²) in [5.41, 5.74) is 15.4. The summed E-state index contributed by atoms with van der Waals surface area (Å²) < 4.78 is 2.55. The zero-order chi connectivity index (χ0) is 23.1. The van der Waals surface area contributed by atoms with Crippen molar-refractivity contribution in [3.63, 3.8) is 0 Å². The van der Waals surface area contributed by atoms with Gasteiger partial charge in [0.2, 0.25) is 0 Å². The lowest BCUT2D eigenvalue weighted by atomic mass is 9.80. The molecule has 164 valence electrons. The zero-order valence-corrected chi connectivity index (χ0v) is 19.8. The molecule has 0 spiro atoms. The molecule has 0 radical (unpaired) electrons. The maximum atomic E-state index is 2.55. The van der Waals surface area contributed by atoms with Crippen molar-refractivity contribution in [2.24, 2.45) is 0 Å². The average Bonchev–Trinajstić information content (AvgIpc) is 3.58. The maximum Gasteiger partial charge on any atom is 0.0620 e. The lowest BCUT2D eigenvalue weighted by Gasteiger charge is -2.22. The first-order valence-electron chi connectivity index (χ1n) is 12.6. The lowest BCUT2D eigenvalue weighted by Crippen LogP contribution is -2.15. The van der Waals surface area contributed by atoms with Crippen LogP contribution in [0.4, 0.5) is 0 Å². The van der Waals surface area contributed by atoms with Crippen LogP contribution in [0.15, 0.2) is 91.0 Å². The van der Waals surface area contributed by atoms with Gasteiger partial charge in [-0.05, 0) is 63.1 Å². The Hall–Kier alpha value is -4.10. The second-order valence-electron chi connectivity index (χ2n) is 10.9. The van der Waals surface area contributed by atoms with Crippen molar-refractivity contribution in [2.75, 3.05) is 0 Å². The highest BCUT2D eigenvalue weighted by molar-refractivity contribution is 6.27. The molecule has 0 unspecified atom stereocenters. The van der Waals surface area contributed by atoms with Crippen molar-refractivity contribution >= 4 is 38.1 Å². The third kappa shape index (κ3) is 1.93. The van der Waals surface area contributed by atoms with Crippen LogP contribution in [0.1, 0.15) is 36.1 Å². The summed E-state index contributed by atoms with van der Waals surface area (Å²) in [6, 6.07) is 34.3. The molecule has 7 aromatic rings. The fourth-order valence-corrected chi connectivity index (χ4v) is 7.55. The Morgan fingerprint density at radius 2 is 1.31 bits per heavy atom. The molecular weight excluding hydrogens is 422 g/mol. The van der Waals surface area contributed by atoms with E-state index in [4.69, 9.17) is 0 Å². The van der Waals surface area contributed by atoms with E-state index in [1.54, 1.807) is 0 Å². The second kappa shape index (κ2) is 5.75. The van der Waals surface area contributed by atoms with Gasteiger partial charge in [0.15, 0.2) is 0 Å². The Morgan fingerprint density at radius 1 is 0.600 bits per heavy atom. The van der Waals surface area contributed by atoms with E-state index in [1.807, 2.05) is 0 Å². The van der Waals surface area contributed by atoms with E-state index in [-0.39, 0.29) is 5.41 Å². The largest absolute Gasteiger partial charge is 0.308 e. The fraction of sp³-hybridized carbons (Fsp3) is 0.118. The van der Waals surface area contributed by atoms with Crippen LogP contribution in [0, 0.1) is 0 Å². The van der Waals surface area contributed by atoms with Crippen molar-refractivity contribution in [3.8, 4) is 22.3 Å². The molecule has 35 heavy (non-hydrogen) atoms. The Bertz CT molecular complexity index is 2050. The molecule has 2 aliphatic carbocycles. The van der Waals surface area contributed by atoms with Crippen molar-refractivity contribution in [1.29, 1.82) is 0 Å². The van der Waals surface area contributed by atoms with Gasteiger partial charge < -0.3 is 4.40 Å². The van der Waals surface area contributed by atoms with Gasteiger partial charge in [-0.1, -0.05) is 92.7 Å². The van der Waals surface area contributed by atoms with E-state index in [1.165, 1.54) is 82.6 Å². The standard InChI is InChI=1S/C34H23N/c1-34(2)26-13-6-5-10-22(26)23-15-17-28-31(32(23)34)25-12-7-11-24-30-27(35(28)33(24)25)16-14-20-18-19-8-3-4-9-21(19)29(20)30/h3-17H,18H2,1-2H3. The number of hydrogen-bond donors (Lipinski definition) is 0. The maximum absolute atomic E-state index is 2.55. The SMILES string of the molecule is CC1(C)c2ccccc2-c2ccc3c(c21)c1cccc2c4c5c(ccc4n3c21)Cc1ccccc1-5. The molecule has 5 aromatic carbocycles. The van der Waals surface area contributed by atoms with Crippen LogP contribution in [0.25, 0.3) is 60.3 Å². The molecule has 9 rings (SSSR count). The van der Waals surface area contributed by atoms with E-state index < -0.39 is 0 Å². The van der Waals surface area contributed by atoms with E-state index >= 15 is 0 Å². The molecule has 1 heteroatoms. The number of benzene rings is 5. The quantitative estimate of drug-likeness (QED) is 0.220. The van der Waals surface area contributed by atoms with Gasteiger partial charge in [-0.25, -0.2) is 0 Å².